The van der Waals surface area contributed by atoms with E-state index < -0.39 is 0 Å². The van der Waals surface area contributed by atoms with Crippen LogP contribution in [0.25, 0.3) is 0 Å². The minimum absolute atomic E-state index is 0.0390. The van der Waals surface area contributed by atoms with Gasteiger partial charge in [-0.3, -0.25) is 14.4 Å². The molecule has 0 atom stereocenters. The monoisotopic (exact) mass is 421 g/mol. The number of hydrogen-bond acceptors (Lipinski definition) is 3. The van der Waals surface area contributed by atoms with Gasteiger partial charge in [-0.1, -0.05) is 37.6 Å². The molecule has 164 valence electrons. The predicted octanol–water partition coefficient (Wildman–Crippen LogP) is 3.87. The zero-order chi connectivity index (χ0) is 22.4. The zero-order valence-corrected chi connectivity index (χ0v) is 18.5. The van der Waals surface area contributed by atoms with Crippen LogP contribution in [0.15, 0.2) is 48.5 Å². The standard InChI is InChI=1S/C25H31N3O3/c1-17(2)16-26-23(29)20-11-13-28(14-12-20)25(31)21-5-4-6-22(15-21)27-24(30)19-9-7-18(3)8-10-19/h4-10,15,17,20H,11-14,16H2,1-3H3,(H,26,29)(H,27,30). The Hall–Kier alpha value is -3.15. The van der Waals surface area contributed by atoms with E-state index in [1.165, 1.54) is 0 Å². The number of likely N-dealkylation sites (tertiary alicyclic amines) is 1. The number of hydrogen-bond donors (Lipinski definition) is 2. The van der Waals surface area contributed by atoms with E-state index in [1.807, 2.05) is 19.1 Å². The average molecular weight is 422 g/mol. The van der Waals surface area contributed by atoms with E-state index in [9.17, 15) is 14.4 Å². The lowest BCUT2D eigenvalue weighted by Gasteiger charge is -2.31. The summed E-state index contributed by atoms with van der Waals surface area (Å²) in [4.78, 5) is 39.5. The molecule has 0 aliphatic carbocycles. The Morgan fingerprint density at radius 3 is 2.32 bits per heavy atom. The molecular weight excluding hydrogens is 390 g/mol. The van der Waals surface area contributed by atoms with Crippen LogP contribution < -0.4 is 10.6 Å². The molecule has 2 aromatic carbocycles. The van der Waals surface area contributed by atoms with E-state index in [0.717, 1.165) is 5.56 Å². The first-order chi connectivity index (χ1) is 14.8. The van der Waals surface area contributed by atoms with Crippen LogP contribution in [0.4, 0.5) is 5.69 Å². The lowest BCUT2D eigenvalue weighted by Crippen LogP contribution is -2.43. The largest absolute Gasteiger partial charge is 0.356 e. The summed E-state index contributed by atoms with van der Waals surface area (Å²) in [5.41, 5.74) is 2.77. The van der Waals surface area contributed by atoms with Crippen molar-refractivity contribution >= 4 is 23.4 Å². The summed E-state index contributed by atoms with van der Waals surface area (Å²) < 4.78 is 0. The van der Waals surface area contributed by atoms with Crippen molar-refractivity contribution in [1.29, 1.82) is 0 Å². The first-order valence-corrected chi connectivity index (χ1v) is 10.9. The lowest BCUT2D eigenvalue weighted by molar-refractivity contribution is -0.126. The zero-order valence-electron chi connectivity index (χ0n) is 18.5. The van der Waals surface area contributed by atoms with Crippen LogP contribution in [-0.2, 0) is 4.79 Å². The summed E-state index contributed by atoms with van der Waals surface area (Å²) in [7, 11) is 0. The number of amides is 3. The molecule has 0 aromatic heterocycles. The van der Waals surface area contributed by atoms with E-state index in [0.29, 0.717) is 55.2 Å². The minimum Gasteiger partial charge on any atom is -0.356 e. The molecule has 6 heteroatoms. The molecule has 0 unspecified atom stereocenters. The van der Waals surface area contributed by atoms with E-state index in [2.05, 4.69) is 24.5 Å². The quantitative estimate of drug-likeness (QED) is 0.743. The molecule has 0 bridgehead atoms. The second-order valence-corrected chi connectivity index (χ2v) is 8.61. The summed E-state index contributed by atoms with van der Waals surface area (Å²) in [5, 5.41) is 5.85. The third-order valence-electron chi connectivity index (χ3n) is 5.52. The SMILES string of the molecule is Cc1ccc(C(=O)Nc2cccc(C(=O)N3CCC(C(=O)NCC(C)C)CC3)c2)cc1. The lowest BCUT2D eigenvalue weighted by atomic mass is 9.95. The Labute approximate surface area is 184 Å². The van der Waals surface area contributed by atoms with Crippen molar-refractivity contribution in [3.05, 3.63) is 65.2 Å². The fourth-order valence-corrected chi connectivity index (χ4v) is 3.61. The van der Waals surface area contributed by atoms with Gasteiger partial charge in [-0.25, -0.2) is 0 Å². The van der Waals surface area contributed by atoms with Crippen molar-refractivity contribution in [1.82, 2.24) is 10.2 Å². The van der Waals surface area contributed by atoms with Crippen LogP contribution in [0.5, 0.6) is 0 Å². The molecule has 6 nitrogen and oxygen atoms in total. The third kappa shape index (κ3) is 6.17. The second-order valence-electron chi connectivity index (χ2n) is 8.61. The number of anilines is 1. The number of carbonyl (C=O) groups is 3. The Morgan fingerprint density at radius 2 is 1.68 bits per heavy atom. The summed E-state index contributed by atoms with van der Waals surface area (Å²) in [6.07, 6.45) is 1.33. The van der Waals surface area contributed by atoms with Gasteiger partial charge >= 0.3 is 0 Å². The topological polar surface area (TPSA) is 78.5 Å². The fourth-order valence-electron chi connectivity index (χ4n) is 3.61. The van der Waals surface area contributed by atoms with Gasteiger partial charge < -0.3 is 15.5 Å². The Kier molecular flexibility index (Phi) is 7.45. The number of benzene rings is 2. The number of aryl methyl sites for hydroxylation is 1. The van der Waals surface area contributed by atoms with Crippen molar-refractivity contribution in [2.45, 2.75) is 33.6 Å². The number of carbonyl (C=O) groups excluding carboxylic acids is 3. The van der Waals surface area contributed by atoms with Gasteiger partial charge in [-0.05, 0) is 56.0 Å². The number of piperidine rings is 1. The maximum atomic E-state index is 12.9. The molecule has 1 saturated heterocycles. The van der Waals surface area contributed by atoms with E-state index in [4.69, 9.17) is 0 Å². The van der Waals surface area contributed by atoms with Crippen molar-refractivity contribution in [2.24, 2.45) is 11.8 Å². The van der Waals surface area contributed by atoms with Crippen LogP contribution in [0.3, 0.4) is 0 Å². The van der Waals surface area contributed by atoms with Crippen LogP contribution >= 0.6 is 0 Å². The van der Waals surface area contributed by atoms with Gasteiger partial charge in [0.2, 0.25) is 5.91 Å². The Morgan fingerprint density at radius 1 is 1.00 bits per heavy atom. The van der Waals surface area contributed by atoms with Gasteiger partial charge in [-0.2, -0.15) is 0 Å². The van der Waals surface area contributed by atoms with Crippen molar-refractivity contribution in [2.75, 3.05) is 25.0 Å². The number of rotatable bonds is 6. The highest BCUT2D eigenvalue weighted by molar-refractivity contribution is 6.05. The maximum absolute atomic E-state index is 12.9. The predicted molar refractivity (Wildman–Crippen MR) is 122 cm³/mol. The van der Waals surface area contributed by atoms with Gasteiger partial charge in [0.15, 0.2) is 0 Å². The maximum Gasteiger partial charge on any atom is 0.255 e. The Bertz CT molecular complexity index is 929. The van der Waals surface area contributed by atoms with Gasteiger partial charge in [0.05, 0.1) is 0 Å². The molecule has 3 rings (SSSR count). The fraction of sp³-hybridized carbons (Fsp3) is 0.400. The van der Waals surface area contributed by atoms with Gasteiger partial charge in [0.1, 0.15) is 0 Å². The summed E-state index contributed by atoms with van der Waals surface area (Å²) in [5.74, 6) is 0.180. The first kappa shape index (κ1) is 22.5. The Balaban J connectivity index is 1.57. The van der Waals surface area contributed by atoms with E-state index in [1.54, 1.807) is 41.3 Å². The molecule has 1 fully saturated rings. The molecule has 3 amide bonds. The molecule has 0 radical (unpaired) electrons. The summed E-state index contributed by atoms with van der Waals surface area (Å²) >= 11 is 0. The highest BCUT2D eigenvalue weighted by Crippen LogP contribution is 2.21. The van der Waals surface area contributed by atoms with E-state index in [-0.39, 0.29) is 23.6 Å². The highest BCUT2D eigenvalue weighted by atomic mass is 16.2. The first-order valence-electron chi connectivity index (χ1n) is 10.9. The smallest absolute Gasteiger partial charge is 0.255 e. The van der Waals surface area contributed by atoms with Crippen LogP contribution in [0, 0.1) is 18.8 Å². The molecule has 0 spiro atoms. The molecular formula is C25H31N3O3. The van der Waals surface area contributed by atoms with Crippen LogP contribution in [-0.4, -0.2) is 42.3 Å². The van der Waals surface area contributed by atoms with E-state index >= 15 is 0 Å². The van der Waals surface area contributed by atoms with Crippen LogP contribution in [0.1, 0.15) is 53.0 Å². The molecule has 1 aliphatic rings. The average Bonchev–Trinajstić information content (AvgIpc) is 2.77. The van der Waals surface area contributed by atoms with Crippen molar-refractivity contribution in [3.8, 4) is 0 Å². The number of nitrogens with one attached hydrogen (secondary N) is 2. The molecule has 31 heavy (non-hydrogen) atoms. The normalized spacial score (nSPS) is 14.4. The van der Waals surface area contributed by atoms with Gasteiger partial charge in [-0.15, -0.1) is 0 Å². The third-order valence-corrected chi connectivity index (χ3v) is 5.52. The minimum atomic E-state index is -0.210. The molecule has 1 aliphatic heterocycles. The van der Waals surface area contributed by atoms with Crippen LogP contribution in [0.2, 0.25) is 0 Å². The summed E-state index contributed by atoms with van der Waals surface area (Å²) in [6, 6.07) is 14.3. The van der Waals surface area contributed by atoms with Gasteiger partial charge in [0, 0.05) is 42.4 Å². The molecule has 2 aromatic rings. The van der Waals surface area contributed by atoms with Crippen molar-refractivity contribution in [3.63, 3.8) is 0 Å². The summed E-state index contributed by atoms with van der Waals surface area (Å²) in [6.45, 7) is 7.89. The van der Waals surface area contributed by atoms with Crippen molar-refractivity contribution < 1.29 is 14.4 Å². The molecule has 1 heterocycles. The highest BCUT2D eigenvalue weighted by Gasteiger charge is 2.27. The molecule has 0 saturated carbocycles. The number of nitrogens with zero attached hydrogens (tertiary/aromatic N) is 1. The molecule has 2 N–H and O–H groups in total. The second kappa shape index (κ2) is 10.2. The van der Waals surface area contributed by atoms with Gasteiger partial charge in [0.25, 0.3) is 11.8 Å².